The van der Waals surface area contributed by atoms with Gasteiger partial charge >= 0.3 is 0 Å². The summed E-state index contributed by atoms with van der Waals surface area (Å²) in [6.07, 6.45) is 2.80. The number of benzene rings is 1. The third-order valence-corrected chi connectivity index (χ3v) is 3.88. The van der Waals surface area contributed by atoms with Gasteiger partial charge in [0.25, 0.3) is 0 Å². The van der Waals surface area contributed by atoms with Crippen LogP contribution in [0.1, 0.15) is 32.3 Å². The van der Waals surface area contributed by atoms with Crippen molar-refractivity contribution in [2.24, 2.45) is 5.41 Å². The Morgan fingerprint density at radius 1 is 1.28 bits per heavy atom. The highest BCUT2D eigenvalue weighted by molar-refractivity contribution is 5.31. The molecule has 1 aromatic rings. The highest BCUT2D eigenvalue weighted by Gasteiger charge is 2.27. The van der Waals surface area contributed by atoms with Crippen molar-refractivity contribution in [3.05, 3.63) is 29.6 Å². The van der Waals surface area contributed by atoms with Gasteiger partial charge in [-0.25, -0.2) is 4.39 Å². The summed E-state index contributed by atoms with van der Waals surface area (Å²) in [7, 11) is 3.45. The first kappa shape index (κ1) is 15.0. The van der Waals surface area contributed by atoms with E-state index in [1.54, 1.807) is 6.07 Å². The fourth-order valence-corrected chi connectivity index (χ4v) is 2.44. The lowest BCUT2D eigenvalue weighted by Gasteiger charge is -2.32. The molecule has 0 aliphatic rings. The van der Waals surface area contributed by atoms with Crippen LogP contribution in [-0.4, -0.2) is 20.7 Å². The predicted octanol–water partition coefficient (Wildman–Crippen LogP) is 3.40. The van der Waals surface area contributed by atoms with Crippen LogP contribution >= 0.6 is 0 Å². The normalized spacial score (nSPS) is 11.6. The number of rotatable bonds is 7. The molecule has 0 aromatic heterocycles. The van der Waals surface area contributed by atoms with Gasteiger partial charge in [0.2, 0.25) is 0 Å². The molecule has 0 heterocycles. The standard InChI is InChI=1S/C15H24FNO/c1-5-15(6-2,11-17-3)10-12-8-7-9-13(18-4)14(12)16/h7-9,17H,5-6,10-11H2,1-4H3. The number of hydrogen-bond acceptors (Lipinski definition) is 2. The van der Waals surface area contributed by atoms with Crippen LogP contribution in [0.3, 0.4) is 0 Å². The van der Waals surface area contributed by atoms with Crippen LogP contribution in [0.2, 0.25) is 0 Å². The van der Waals surface area contributed by atoms with Crippen molar-refractivity contribution in [3.63, 3.8) is 0 Å². The van der Waals surface area contributed by atoms with E-state index in [9.17, 15) is 4.39 Å². The predicted molar refractivity (Wildman–Crippen MR) is 73.6 cm³/mol. The molecule has 18 heavy (non-hydrogen) atoms. The molecule has 1 rings (SSSR count). The van der Waals surface area contributed by atoms with E-state index in [1.807, 2.05) is 19.2 Å². The van der Waals surface area contributed by atoms with E-state index in [0.29, 0.717) is 5.75 Å². The lowest BCUT2D eigenvalue weighted by Crippen LogP contribution is -2.33. The molecule has 0 fully saturated rings. The maximum Gasteiger partial charge on any atom is 0.168 e. The Morgan fingerprint density at radius 2 is 1.94 bits per heavy atom. The summed E-state index contributed by atoms with van der Waals surface area (Å²) in [6, 6.07) is 5.37. The van der Waals surface area contributed by atoms with Gasteiger partial charge < -0.3 is 10.1 Å². The largest absolute Gasteiger partial charge is 0.494 e. The third-order valence-electron chi connectivity index (χ3n) is 3.88. The highest BCUT2D eigenvalue weighted by Crippen LogP contribution is 2.33. The molecule has 102 valence electrons. The van der Waals surface area contributed by atoms with E-state index in [2.05, 4.69) is 19.2 Å². The average Bonchev–Trinajstić information content (AvgIpc) is 2.40. The minimum absolute atomic E-state index is 0.113. The van der Waals surface area contributed by atoms with Gasteiger partial charge in [-0.15, -0.1) is 0 Å². The zero-order valence-electron chi connectivity index (χ0n) is 11.8. The zero-order valence-corrected chi connectivity index (χ0v) is 11.8. The van der Waals surface area contributed by atoms with Gasteiger partial charge in [0.05, 0.1) is 7.11 Å². The lowest BCUT2D eigenvalue weighted by atomic mass is 9.76. The zero-order chi connectivity index (χ0) is 13.6. The smallest absolute Gasteiger partial charge is 0.168 e. The molecule has 0 saturated carbocycles. The van der Waals surface area contributed by atoms with Gasteiger partial charge in [-0.1, -0.05) is 26.0 Å². The van der Waals surface area contributed by atoms with Crippen molar-refractivity contribution in [3.8, 4) is 5.75 Å². The van der Waals surface area contributed by atoms with E-state index in [-0.39, 0.29) is 11.2 Å². The topological polar surface area (TPSA) is 21.3 Å². The van der Waals surface area contributed by atoms with Crippen molar-refractivity contribution >= 4 is 0 Å². The molecule has 3 heteroatoms. The molecule has 1 N–H and O–H groups in total. The van der Waals surface area contributed by atoms with E-state index < -0.39 is 0 Å². The maximum atomic E-state index is 14.2. The van der Waals surface area contributed by atoms with Crippen LogP contribution in [0.15, 0.2) is 18.2 Å². The molecule has 0 bridgehead atoms. The highest BCUT2D eigenvalue weighted by atomic mass is 19.1. The molecule has 0 aliphatic carbocycles. The molecule has 0 atom stereocenters. The van der Waals surface area contributed by atoms with Gasteiger partial charge in [-0.05, 0) is 43.4 Å². The quantitative estimate of drug-likeness (QED) is 0.804. The Labute approximate surface area is 110 Å². The molecular weight excluding hydrogens is 229 g/mol. The second-order valence-electron chi connectivity index (χ2n) is 4.85. The monoisotopic (exact) mass is 253 g/mol. The summed E-state index contributed by atoms with van der Waals surface area (Å²) < 4.78 is 19.2. The van der Waals surface area contributed by atoms with E-state index in [0.717, 1.165) is 31.4 Å². The first-order valence-corrected chi connectivity index (χ1v) is 6.58. The van der Waals surface area contributed by atoms with Gasteiger partial charge in [-0.2, -0.15) is 0 Å². The Balaban J connectivity index is 3.00. The molecular formula is C15H24FNO. The fraction of sp³-hybridized carbons (Fsp3) is 0.600. The van der Waals surface area contributed by atoms with Crippen molar-refractivity contribution in [1.29, 1.82) is 0 Å². The molecule has 1 aromatic carbocycles. The number of hydrogen-bond donors (Lipinski definition) is 1. The minimum Gasteiger partial charge on any atom is -0.494 e. The summed E-state index contributed by atoms with van der Waals surface area (Å²) >= 11 is 0. The summed E-state index contributed by atoms with van der Waals surface area (Å²) in [5.41, 5.74) is 0.857. The Kier molecular flexibility index (Phi) is 5.60. The Bertz CT molecular complexity index is 375. The number of nitrogens with one attached hydrogen (secondary N) is 1. The van der Waals surface area contributed by atoms with Gasteiger partial charge in [-0.3, -0.25) is 0 Å². The van der Waals surface area contributed by atoms with E-state index in [1.165, 1.54) is 7.11 Å². The Hall–Kier alpha value is -1.09. The molecule has 0 unspecified atom stereocenters. The molecule has 0 saturated heterocycles. The van der Waals surface area contributed by atoms with Crippen molar-refractivity contribution in [2.45, 2.75) is 33.1 Å². The van der Waals surface area contributed by atoms with Crippen molar-refractivity contribution in [2.75, 3.05) is 20.7 Å². The lowest BCUT2D eigenvalue weighted by molar-refractivity contribution is 0.249. The summed E-state index contributed by atoms with van der Waals surface area (Å²) in [5.74, 6) is 0.112. The van der Waals surface area contributed by atoms with Crippen LogP contribution in [0.4, 0.5) is 4.39 Å². The van der Waals surface area contributed by atoms with Crippen LogP contribution in [-0.2, 0) is 6.42 Å². The summed E-state index contributed by atoms with van der Waals surface area (Å²) in [6.45, 7) is 5.23. The summed E-state index contributed by atoms with van der Waals surface area (Å²) in [5, 5.41) is 3.23. The molecule has 0 aliphatic heterocycles. The number of ether oxygens (including phenoxy) is 1. The van der Waals surface area contributed by atoms with Crippen LogP contribution in [0, 0.1) is 11.2 Å². The first-order valence-electron chi connectivity index (χ1n) is 6.58. The first-order chi connectivity index (χ1) is 8.62. The van der Waals surface area contributed by atoms with Crippen LogP contribution in [0.5, 0.6) is 5.75 Å². The average molecular weight is 253 g/mol. The van der Waals surface area contributed by atoms with Gasteiger partial charge in [0.15, 0.2) is 11.6 Å². The Morgan fingerprint density at radius 3 is 2.44 bits per heavy atom. The maximum absolute atomic E-state index is 14.2. The fourth-order valence-electron chi connectivity index (χ4n) is 2.44. The van der Waals surface area contributed by atoms with Crippen LogP contribution < -0.4 is 10.1 Å². The van der Waals surface area contributed by atoms with E-state index in [4.69, 9.17) is 4.74 Å². The van der Waals surface area contributed by atoms with Crippen LogP contribution in [0.25, 0.3) is 0 Å². The molecule has 0 radical (unpaired) electrons. The van der Waals surface area contributed by atoms with Gasteiger partial charge in [0.1, 0.15) is 0 Å². The third kappa shape index (κ3) is 3.22. The molecule has 0 amide bonds. The number of halogens is 1. The summed E-state index contributed by atoms with van der Waals surface area (Å²) in [4.78, 5) is 0. The second kappa shape index (κ2) is 6.74. The van der Waals surface area contributed by atoms with Gasteiger partial charge in [0, 0.05) is 6.54 Å². The molecule has 2 nitrogen and oxygen atoms in total. The van der Waals surface area contributed by atoms with Crippen molar-refractivity contribution < 1.29 is 9.13 Å². The second-order valence-corrected chi connectivity index (χ2v) is 4.85. The SMILES string of the molecule is CCC(CC)(CNC)Cc1cccc(OC)c1F. The number of methoxy groups -OCH3 is 1. The van der Waals surface area contributed by atoms with Crippen molar-refractivity contribution in [1.82, 2.24) is 5.32 Å². The van der Waals surface area contributed by atoms with E-state index >= 15 is 0 Å². The molecule has 0 spiro atoms. The minimum atomic E-state index is -0.220.